The summed E-state index contributed by atoms with van der Waals surface area (Å²) >= 11 is 0. The number of carbonyl (C=O) groups excluding carboxylic acids is 2. The van der Waals surface area contributed by atoms with Gasteiger partial charge in [-0.3, -0.25) is 4.79 Å². The monoisotopic (exact) mass is 450 g/mol. The maximum atomic E-state index is 13.0. The molecule has 4 rings (SSSR count). The Morgan fingerprint density at radius 3 is 2.24 bits per heavy atom. The number of hydrogen-bond donors (Lipinski definition) is 1. The highest BCUT2D eigenvalue weighted by Crippen LogP contribution is 2.34. The van der Waals surface area contributed by atoms with Gasteiger partial charge in [-0.25, -0.2) is 4.79 Å². The van der Waals surface area contributed by atoms with Gasteiger partial charge in [-0.2, -0.15) is 0 Å². The number of ether oxygens (including phenoxy) is 2. The van der Waals surface area contributed by atoms with Crippen LogP contribution in [-0.2, 0) is 20.7 Å². The predicted octanol–water partition coefficient (Wildman–Crippen LogP) is 4.61. The zero-order valence-electron chi connectivity index (χ0n) is 19.2. The van der Waals surface area contributed by atoms with Crippen molar-refractivity contribution >= 4 is 28.5 Å². The van der Waals surface area contributed by atoms with Crippen LogP contribution < -0.4 is 4.90 Å². The Balaban J connectivity index is 1.86. The van der Waals surface area contributed by atoms with E-state index in [-0.39, 0.29) is 30.9 Å². The molecule has 33 heavy (non-hydrogen) atoms. The second kappa shape index (κ2) is 9.98. The van der Waals surface area contributed by atoms with E-state index in [4.69, 9.17) is 9.47 Å². The molecule has 1 fully saturated rings. The van der Waals surface area contributed by atoms with Crippen LogP contribution in [0.3, 0.4) is 0 Å². The zero-order chi connectivity index (χ0) is 23.4. The molecule has 0 amide bonds. The molecule has 3 aromatic rings. The molecule has 7 nitrogen and oxygen atoms in total. The first-order valence-corrected chi connectivity index (χ1v) is 11.6. The molecule has 0 spiro atoms. The average molecular weight is 451 g/mol. The first kappa shape index (κ1) is 22.7. The van der Waals surface area contributed by atoms with E-state index in [9.17, 15) is 14.7 Å². The average Bonchev–Trinajstić information content (AvgIpc) is 3.12. The number of rotatable bonds is 7. The molecule has 7 heteroatoms. The van der Waals surface area contributed by atoms with Gasteiger partial charge in [0.2, 0.25) is 0 Å². The largest absolute Gasteiger partial charge is 0.508 e. The second-order valence-electron chi connectivity index (χ2n) is 8.12. The normalized spacial score (nSPS) is 13.8. The van der Waals surface area contributed by atoms with Crippen molar-refractivity contribution in [2.75, 3.05) is 31.2 Å². The lowest BCUT2D eigenvalue weighted by molar-refractivity contribution is -0.142. The van der Waals surface area contributed by atoms with Crippen LogP contribution in [0.15, 0.2) is 42.5 Å². The number of nitrogens with zero attached hydrogens (tertiary/aromatic N) is 2. The molecule has 0 radical (unpaired) electrons. The Kier molecular flexibility index (Phi) is 6.87. The maximum Gasteiger partial charge on any atom is 0.340 e. The van der Waals surface area contributed by atoms with E-state index < -0.39 is 11.9 Å². The third-order valence-electron chi connectivity index (χ3n) is 5.97. The molecule has 1 aliphatic rings. The van der Waals surface area contributed by atoms with E-state index >= 15 is 0 Å². The molecule has 0 unspecified atom stereocenters. The van der Waals surface area contributed by atoms with Crippen molar-refractivity contribution in [3.05, 3.63) is 53.7 Å². The molecule has 0 saturated carbocycles. The maximum absolute atomic E-state index is 13.0. The highest BCUT2D eigenvalue weighted by molar-refractivity contribution is 6.07. The highest BCUT2D eigenvalue weighted by atomic mass is 16.5. The van der Waals surface area contributed by atoms with Crippen LogP contribution in [0.5, 0.6) is 5.75 Å². The van der Waals surface area contributed by atoms with Crippen molar-refractivity contribution < 1.29 is 24.2 Å². The number of fused-ring (bicyclic) bond motifs is 1. The quantitative estimate of drug-likeness (QED) is 0.530. The van der Waals surface area contributed by atoms with Crippen molar-refractivity contribution in [3.8, 4) is 11.4 Å². The van der Waals surface area contributed by atoms with Crippen LogP contribution in [0.4, 0.5) is 5.69 Å². The summed E-state index contributed by atoms with van der Waals surface area (Å²) in [4.78, 5) is 27.8. The molecule has 1 aromatic heterocycles. The molecule has 1 N–H and O–H groups in total. The van der Waals surface area contributed by atoms with Gasteiger partial charge in [-0.15, -0.1) is 0 Å². The summed E-state index contributed by atoms with van der Waals surface area (Å²) in [6.07, 6.45) is 3.57. The summed E-state index contributed by atoms with van der Waals surface area (Å²) in [6.45, 7) is 6.03. The van der Waals surface area contributed by atoms with Crippen LogP contribution in [-0.4, -0.2) is 47.9 Å². The van der Waals surface area contributed by atoms with Crippen LogP contribution >= 0.6 is 0 Å². The van der Waals surface area contributed by atoms with E-state index in [1.54, 1.807) is 26.0 Å². The van der Waals surface area contributed by atoms with E-state index in [1.165, 1.54) is 25.3 Å². The zero-order valence-corrected chi connectivity index (χ0v) is 19.2. The summed E-state index contributed by atoms with van der Waals surface area (Å²) in [5.41, 5.74) is 3.45. The SMILES string of the molecule is CCOC(=O)Cc1c(C(=O)OCC)c2cc(O)ccc2n1-c1ccc(N2CCCCC2)cc1. The fourth-order valence-corrected chi connectivity index (χ4v) is 4.54. The highest BCUT2D eigenvalue weighted by Gasteiger charge is 2.27. The minimum atomic E-state index is -0.531. The molecule has 1 aliphatic heterocycles. The Morgan fingerprint density at radius 1 is 0.909 bits per heavy atom. The van der Waals surface area contributed by atoms with Gasteiger partial charge in [0.25, 0.3) is 0 Å². The van der Waals surface area contributed by atoms with Gasteiger partial charge in [-0.1, -0.05) is 0 Å². The van der Waals surface area contributed by atoms with Gasteiger partial charge in [0.1, 0.15) is 5.75 Å². The van der Waals surface area contributed by atoms with E-state index in [0.717, 1.165) is 24.5 Å². The topological polar surface area (TPSA) is 81.0 Å². The van der Waals surface area contributed by atoms with Crippen molar-refractivity contribution in [1.82, 2.24) is 4.57 Å². The molecule has 0 atom stereocenters. The van der Waals surface area contributed by atoms with Gasteiger partial charge in [0.15, 0.2) is 0 Å². The number of esters is 2. The molecule has 2 heterocycles. The minimum absolute atomic E-state index is 0.0355. The van der Waals surface area contributed by atoms with Gasteiger partial charge in [-0.05, 0) is 75.6 Å². The number of benzene rings is 2. The molecule has 174 valence electrons. The molecular formula is C26H30N2O5. The van der Waals surface area contributed by atoms with E-state index in [2.05, 4.69) is 17.0 Å². The van der Waals surface area contributed by atoms with Crippen LogP contribution in [0.25, 0.3) is 16.6 Å². The van der Waals surface area contributed by atoms with Crippen LogP contribution in [0.2, 0.25) is 0 Å². The Hall–Kier alpha value is -3.48. The van der Waals surface area contributed by atoms with Gasteiger partial charge in [0.05, 0.1) is 30.7 Å². The van der Waals surface area contributed by atoms with Crippen molar-refractivity contribution in [1.29, 1.82) is 0 Å². The fourth-order valence-electron chi connectivity index (χ4n) is 4.54. The summed E-state index contributed by atoms with van der Waals surface area (Å²) in [6, 6.07) is 13.0. The summed E-state index contributed by atoms with van der Waals surface area (Å²) < 4.78 is 12.4. The summed E-state index contributed by atoms with van der Waals surface area (Å²) in [7, 11) is 0. The number of aromatic nitrogens is 1. The minimum Gasteiger partial charge on any atom is -0.508 e. The standard InChI is InChI=1S/C26H30N2O5/c1-3-32-24(30)17-23-25(26(31)33-4-2)21-16-20(29)12-13-22(21)28(23)19-10-8-18(9-11-19)27-14-6-5-7-15-27/h8-13,16,29H,3-7,14-15,17H2,1-2H3. The molecule has 0 bridgehead atoms. The van der Waals surface area contributed by atoms with Crippen molar-refractivity contribution in [2.45, 2.75) is 39.5 Å². The third-order valence-corrected chi connectivity index (χ3v) is 5.97. The Morgan fingerprint density at radius 2 is 1.58 bits per heavy atom. The number of carbonyl (C=O) groups is 2. The summed E-state index contributed by atoms with van der Waals surface area (Å²) in [5, 5.41) is 10.7. The van der Waals surface area contributed by atoms with E-state index in [1.807, 2.05) is 16.7 Å². The lowest BCUT2D eigenvalue weighted by Gasteiger charge is -2.29. The van der Waals surface area contributed by atoms with Crippen molar-refractivity contribution in [3.63, 3.8) is 0 Å². The lowest BCUT2D eigenvalue weighted by atomic mass is 10.1. The molecule has 0 aliphatic carbocycles. The summed E-state index contributed by atoms with van der Waals surface area (Å²) in [5.74, 6) is -0.925. The van der Waals surface area contributed by atoms with Crippen LogP contribution in [0.1, 0.15) is 49.2 Å². The number of phenols is 1. The van der Waals surface area contributed by atoms with Gasteiger partial charge >= 0.3 is 11.9 Å². The smallest absolute Gasteiger partial charge is 0.340 e. The molecule has 1 saturated heterocycles. The number of phenolic OH excluding ortho intramolecular Hbond substituents is 1. The van der Waals surface area contributed by atoms with Crippen molar-refractivity contribution in [2.24, 2.45) is 0 Å². The number of piperidine rings is 1. The number of aromatic hydroxyl groups is 1. The van der Waals surface area contributed by atoms with Crippen LogP contribution in [0, 0.1) is 0 Å². The van der Waals surface area contributed by atoms with Gasteiger partial charge in [0, 0.05) is 35.5 Å². The molecule has 2 aromatic carbocycles. The fraction of sp³-hybridized carbons (Fsp3) is 0.385. The lowest BCUT2D eigenvalue weighted by Crippen LogP contribution is -2.29. The Labute approximate surface area is 193 Å². The number of anilines is 1. The predicted molar refractivity (Wildman–Crippen MR) is 127 cm³/mol. The third kappa shape index (κ3) is 4.67. The number of hydrogen-bond acceptors (Lipinski definition) is 6. The van der Waals surface area contributed by atoms with Gasteiger partial charge < -0.3 is 24.0 Å². The first-order valence-electron chi connectivity index (χ1n) is 11.6. The molecular weight excluding hydrogens is 420 g/mol. The van der Waals surface area contributed by atoms with E-state index in [0.29, 0.717) is 16.6 Å². The first-order chi connectivity index (χ1) is 16.0. The Bertz CT molecular complexity index is 1140. The second-order valence-corrected chi connectivity index (χ2v) is 8.12.